The molecule has 6 heteroatoms. The molecule has 0 spiro atoms. The summed E-state index contributed by atoms with van der Waals surface area (Å²) in [5.41, 5.74) is 7.20. The zero-order valence-electron chi connectivity index (χ0n) is 21.3. The molecule has 0 aromatic carbocycles. The normalized spacial score (nSPS) is 21.0. The minimum absolute atomic E-state index is 0.0346. The predicted octanol–water partition coefficient (Wildman–Crippen LogP) is 5.25. The summed E-state index contributed by atoms with van der Waals surface area (Å²) >= 11 is 0. The van der Waals surface area contributed by atoms with Crippen molar-refractivity contribution < 1.29 is 0 Å². The fraction of sp³-hybridized carbons (Fsp3) is 0.483. The molecular formula is C29H37N5O. The number of aliphatic imine (C=N–C) groups is 1. The number of nitrogens with zero attached hydrogens (tertiary/aromatic N) is 5. The summed E-state index contributed by atoms with van der Waals surface area (Å²) in [7, 11) is 0. The van der Waals surface area contributed by atoms with Gasteiger partial charge < -0.3 is 9.80 Å². The van der Waals surface area contributed by atoms with E-state index in [-0.39, 0.29) is 5.56 Å². The maximum absolute atomic E-state index is 13.1. The number of fused-ring (bicyclic) bond motifs is 1. The fourth-order valence-corrected chi connectivity index (χ4v) is 5.69. The minimum Gasteiger partial charge on any atom is -0.370 e. The first kappa shape index (κ1) is 23.7. The molecule has 35 heavy (non-hydrogen) atoms. The van der Waals surface area contributed by atoms with Crippen molar-refractivity contribution in [3.8, 4) is 0 Å². The van der Waals surface area contributed by atoms with E-state index in [2.05, 4.69) is 54.9 Å². The lowest BCUT2D eigenvalue weighted by molar-refractivity contribution is 0.186. The number of allylic oxidation sites excluding steroid dienone is 5. The molecule has 2 aliphatic heterocycles. The number of rotatable bonds is 5. The van der Waals surface area contributed by atoms with E-state index < -0.39 is 0 Å². The monoisotopic (exact) mass is 471 g/mol. The molecule has 2 aromatic heterocycles. The lowest BCUT2D eigenvalue weighted by Crippen LogP contribution is -2.45. The van der Waals surface area contributed by atoms with Crippen LogP contribution < -0.4 is 10.5 Å². The van der Waals surface area contributed by atoms with Gasteiger partial charge in [-0.3, -0.25) is 14.2 Å². The lowest BCUT2D eigenvalue weighted by Gasteiger charge is -2.38. The van der Waals surface area contributed by atoms with Gasteiger partial charge in [-0.15, -0.1) is 0 Å². The van der Waals surface area contributed by atoms with Crippen LogP contribution in [0.4, 0.5) is 5.69 Å². The highest BCUT2D eigenvalue weighted by atomic mass is 16.1. The van der Waals surface area contributed by atoms with Gasteiger partial charge in [-0.05, 0) is 87.9 Å². The third-order valence-corrected chi connectivity index (χ3v) is 7.79. The van der Waals surface area contributed by atoms with Gasteiger partial charge in [-0.1, -0.05) is 26.0 Å². The second-order valence-electron chi connectivity index (χ2n) is 9.90. The van der Waals surface area contributed by atoms with Crippen molar-refractivity contribution in [2.45, 2.75) is 65.3 Å². The van der Waals surface area contributed by atoms with Gasteiger partial charge in [-0.25, -0.2) is 4.98 Å². The maximum Gasteiger partial charge on any atom is 0.258 e. The molecule has 4 heterocycles. The first-order valence-electron chi connectivity index (χ1n) is 13.2. The summed E-state index contributed by atoms with van der Waals surface area (Å²) in [6.45, 7) is 10.8. The molecule has 184 valence electrons. The fourth-order valence-electron chi connectivity index (χ4n) is 5.69. The van der Waals surface area contributed by atoms with Crippen LogP contribution in [-0.2, 0) is 0 Å². The van der Waals surface area contributed by atoms with Crippen molar-refractivity contribution in [2.75, 3.05) is 31.1 Å². The van der Waals surface area contributed by atoms with Crippen molar-refractivity contribution >= 4 is 22.6 Å². The molecule has 3 aliphatic rings. The zero-order chi connectivity index (χ0) is 24.4. The van der Waals surface area contributed by atoms with Crippen molar-refractivity contribution in [3.63, 3.8) is 0 Å². The third kappa shape index (κ3) is 5.03. The Morgan fingerprint density at radius 2 is 1.86 bits per heavy atom. The van der Waals surface area contributed by atoms with Gasteiger partial charge in [0.15, 0.2) is 0 Å². The van der Waals surface area contributed by atoms with E-state index in [9.17, 15) is 4.79 Å². The summed E-state index contributed by atoms with van der Waals surface area (Å²) < 4.78 is 1.69. The molecule has 0 bridgehead atoms. The van der Waals surface area contributed by atoms with Gasteiger partial charge in [0.05, 0.1) is 17.1 Å². The zero-order valence-corrected chi connectivity index (χ0v) is 21.3. The Morgan fingerprint density at radius 3 is 2.63 bits per heavy atom. The standard InChI is InChI=1S/C29H37N5O/c1-4-32(5-2)24-15-17-33(18-16-24)25-12-14-28-31-27(19-29(35)34(28)20-25)23-8-6-7-22-10-9-21(3)30-26(22)13-11-23/h8,11-14,19-20,24H,4-7,9-10,15-18H2,1-3H3/b13-11?,23-8+. The van der Waals surface area contributed by atoms with Crippen molar-refractivity contribution in [2.24, 2.45) is 4.99 Å². The van der Waals surface area contributed by atoms with Crippen LogP contribution in [0.1, 0.15) is 65.0 Å². The summed E-state index contributed by atoms with van der Waals surface area (Å²) in [6.07, 6.45) is 14.8. The van der Waals surface area contributed by atoms with E-state index in [0.29, 0.717) is 11.7 Å². The van der Waals surface area contributed by atoms with Crippen LogP contribution in [0.2, 0.25) is 0 Å². The highest BCUT2D eigenvalue weighted by Gasteiger charge is 2.23. The van der Waals surface area contributed by atoms with Gasteiger partial charge in [0, 0.05) is 37.1 Å². The first-order chi connectivity index (χ1) is 17.1. The van der Waals surface area contributed by atoms with E-state index >= 15 is 0 Å². The molecule has 0 unspecified atom stereocenters. The molecule has 0 amide bonds. The Labute approximate surface area is 208 Å². The van der Waals surface area contributed by atoms with E-state index in [1.54, 1.807) is 10.5 Å². The smallest absolute Gasteiger partial charge is 0.258 e. The molecule has 1 fully saturated rings. The van der Waals surface area contributed by atoms with Crippen molar-refractivity contribution in [3.05, 3.63) is 69.9 Å². The number of piperidine rings is 1. The van der Waals surface area contributed by atoms with Crippen LogP contribution >= 0.6 is 0 Å². The SMILES string of the molecule is CCN(CC)C1CCN(c2ccc3nc(/C4=C/CCC5=C(C=C4)N=C(C)CC5)cc(=O)n3c2)CC1. The molecule has 0 radical (unpaired) electrons. The van der Waals surface area contributed by atoms with Crippen LogP contribution in [-0.4, -0.2) is 52.2 Å². The van der Waals surface area contributed by atoms with Gasteiger partial charge in [0.25, 0.3) is 5.56 Å². The van der Waals surface area contributed by atoms with E-state index in [0.717, 1.165) is 87.4 Å². The van der Waals surface area contributed by atoms with Crippen LogP contribution in [0.25, 0.3) is 11.2 Å². The maximum atomic E-state index is 13.1. The molecule has 6 nitrogen and oxygen atoms in total. The largest absolute Gasteiger partial charge is 0.370 e. The Bertz CT molecular complexity index is 1270. The average molecular weight is 472 g/mol. The molecule has 2 aromatic rings. The number of pyridine rings is 1. The van der Waals surface area contributed by atoms with Gasteiger partial charge in [0.1, 0.15) is 5.65 Å². The van der Waals surface area contributed by atoms with Crippen LogP contribution in [0.5, 0.6) is 0 Å². The van der Waals surface area contributed by atoms with E-state index in [1.807, 2.05) is 12.3 Å². The van der Waals surface area contributed by atoms with E-state index in [4.69, 9.17) is 9.98 Å². The molecule has 0 atom stereocenters. The molecular weight excluding hydrogens is 434 g/mol. The molecule has 1 aliphatic carbocycles. The number of hydrogen-bond acceptors (Lipinski definition) is 5. The number of hydrogen-bond donors (Lipinski definition) is 0. The summed E-state index contributed by atoms with van der Waals surface area (Å²) in [5, 5.41) is 0. The highest BCUT2D eigenvalue weighted by molar-refractivity contribution is 5.85. The predicted molar refractivity (Wildman–Crippen MR) is 145 cm³/mol. The topological polar surface area (TPSA) is 53.2 Å². The Kier molecular flexibility index (Phi) is 7.00. The number of anilines is 1. The lowest BCUT2D eigenvalue weighted by atomic mass is 9.94. The van der Waals surface area contributed by atoms with Crippen LogP contribution in [0, 0.1) is 0 Å². The molecule has 0 saturated carbocycles. The summed E-state index contributed by atoms with van der Waals surface area (Å²) in [6, 6.07) is 6.43. The average Bonchev–Trinajstić information content (AvgIpc) is 2.86. The summed E-state index contributed by atoms with van der Waals surface area (Å²) in [4.78, 5) is 27.7. The summed E-state index contributed by atoms with van der Waals surface area (Å²) in [5.74, 6) is 0. The van der Waals surface area contributed by atoms with Crippen LogP contribution in [0.3, 0.4) is 0 Å². The second-order valence-corrected chi connectivity index (χ2v) is 9.90. The Hall–Kier alpha value is -2.99. The van der Waals surface area contributed by atoms with Crippen molar-refractivity contribution in [1.29, 1.82) is 0 Å². The quantitative estimate of drug-likeness (QED) is 0.598. The first-order valence-corrected chi connectivity index (χ1v) is 13.2. The Morgan fingerprint density at radius 1 is 1.06 bits per heavy atom. The van der Waals surface area contributed by atoms with E-state index in [1.165, 1.54) is 11.3 Å². The van der Waals surface area contributed by atoms with Crippen molar-refractivity contribution in [1.82, 2.24) is 14.3 Å². The van der Waals surface area contributed by atoms with Gasteiger partial charge >= 0.3 is 0 Å². The van der Waals surface area contributed by atoms with Gasteiger partial charge in [-0.2, -0.15) is 0 Å². The molecule has 0 N–H and O–H groups in total. The minimum atomic E-state index is -0.0346. The molecule has 5 rings (SSSR count). The highest BCUT2D eigenvalue weighted by Crippen LogP contribution is 2.29. The second kappa shape index (κ2) is 10.3. The van der Waals surface area contributed by atoms with Crippen LogP contribution in [0.15, 0.2) is 63.7 Å². The third-order valence-electron chi connectivity index (χ3n) is 7.79. The van der Waals surface area contributed by atoms with Gasteiger partial charge in [0.2, 0.25) is 0 Å². The Balaban J connectivity index is 1.37. The molecule has 1 saturated heterocycles. The number of aromatic nitrogens is 2.